The number of aryl methyl sites for hydroxylation is 1. The predicted molar refractivity (Wildman–Crippen MR) is 135 cm³/mol. The third-order valence-corrected chi connectivity index (χ3v) is 5.10. The van der Waals surface area contributed by atoms with E-state index in [2.05, 4.69) is 28.1 Å². The number of benzene rings is 2. The number of carbonyl (C=O) groups is 2. The average Bonchev–Trinajstić information content (AvgIpc) is 2.87. The standard InChI is InChI=1S/C23H29N3O2.2C2H6/c27-22(25-15-6-10-18-8-2-1-3-9-18)16-19-11-4-5-13-21(19)26-23(28)20-12-7-14-24-17-20;2*1-2/h1-5,8-9,11,13,20,24H,6-7,10,12,14-17H2,(H,25,27)(H,26,28);2*1-2H3. The third kappa shape index (κ3) is 10.1. The van der Waals surface area contributed by atoms with E-state index in [9.17, 15) is 9.59 Å². The Morgan fingerprint density at radius 1 is 0.969 bits per heavy atom. The molecule has 3 rings (SSSR count). The van der Waals surface area contributed by atoms with Crippen molar-refractivity contribution in [3.05, 3.63) is 65.7 Å². The van der Waals surface area contributed by atoms with E-state index in [0.29, 0.717) is 6.54 Å². The van der Waals surface area contributed by atoms with Crippen molar-refractivity contribution in [3.8, 4) is 0 Å². The zero-order valence-electron chi connectivity index (χ0n) is 20.2. The van der Waals surface area contributed by atoms with Crippen LogP contribution in [0.25, 0.3) is 0 Å². The first-order valence-corrected chi connectivity index (χ1v) is 12.1. The van der Waals surface area contributed by atoms with E-state index in [0.717, 1.165) is 50.0 Å². The molecular weight excluding hydrogens is 398 g/mol. The average molecular weight is 440 g/mol. The number of nitrogens with one attached hydrogen (secondary N) is 3. The first-order chi connectivity index (χ1) is 15.7. The Hall–Kier alpha value is -2.66. The molecule has 2 aromatic carbocycles. The Labute approximate surface area is 194 Å². The lowest BCUT2D eigenvalue weighted by Gasteiger charge is -2.22. The maximum absolute atomic E-state index is 12.5. The predicted octanol–water partition coefficient (Wildman–Crippen LogP) is 4.97. The van der Waals surface area contributed by atoms with Crippen LogP contribution in [-0.2, 0) is 22.4 Å². The van der Waals surface area contributed by atoms with E-state index >= 15 is 0 Å². The summed E-state index contributed by atoms with van der Waals surface area (Å²) in [6, 6.07) is 17.8. The molecule has 1 unspecified atom stereocenters. The van der Waals surface area contributed by atoms with Gasteiger partial charge in [-0.2, -0.15) is 0 Å². The molecule has 0 aromatic heterocycles. The zero-order chi connectivity index (χ0) is 23.6. The fraction of sp³-hybridized carbons (Fsp3) is 0.481. The molecule has 3 N–H and O–H groups in total. The maximum atomic E-state index is 12.5. The van der Waals surface area contributed by atoms with Crippen molar-refractivity contribution in [1.82, 2.24) is 10.6 Å². The Kier molecular flexibility index (Phi) is 14.5. The van der Waals surface area contributed by atoms with Crippen LogP contribution >= 0.6 is 0 Å². The fourth-order valence-corrected chi connectivity index (χ4v) is 3.51. The number of hydrogen-bond acceptors (Lipinski definition) is 3. The minimum absolute atomic E-state index is 0.00591. The summed E-state index contributed by atoms with van der Waals surface area (Å²) in [7, 11) is 0. The Bertz CT molecular complexity index is 771. The monoisotopic (exact) mass is 439 g/mol. The molecule has 1 heterocycles. The van der Waals surface area contributed by atoms with Crippen LogP contribution in [0.3, 0.4) is 0 Å². The van der Waals surface area contributed by atoms with Crippen molar-refractivity contribution in [1.29, 1.82) is 0 Å². The first kappa shape index (κ1) is 27.4. The normalized spacial score (nSPS) is 14.7. The second kappa shape index (κ2) is 17.0. The lowest BCUT2D eigenvalue weighted by Crippen LogP contribution is -2.37. The molecular formula is C27H41N3O2. The molecule has 5 heteroatoms. The van der Waals surface area contributed by atoms with Gasteiger partial charge in [0.15, 0.2) is 0 Å². The molecule has 176 valence electrons. The summed E-state index contributed by atoms with van der Waals surface area (Å²) < 4.78 is 0. The zero-order valence-corrected chi connectivity index (χ0v) is 20.2. The molecule has 32 heavy (non-hydrogen) atoms. The van der Waals surface area contributed by atoms with Gasteiger partial charge in [0, 0.05) is 18.8 Å². The summed E-state index contributed by atoms with van der Waals surface area (Å²) in [5.41, 5.74) is 2.86. The number of para-hydroxylation sites is 1. The Morgan fingerprint density at radius 2 is 1.66 bits per heavy atom. The van der Waals surface area contributed by atoms with Crippen molar-refractivity contribution in [2.24, 2.45) is 5.92 Å². The van der Waals surface area contributed by atoms with Gasteiger partial charge in [-0.05, 0) is 49.4 Å². The molecule has 1 fully saturated rings. The Morgan fingerprint density at radius 3 is 2.34 bits per heavy atom. The summed E-state index contributed by atoms with van der Waals surface area (Å²) in [4.78, 5) is 24.8. The summed E-state index contributed by atoms with van der Waals surface area (Å²) in [6.07, 6.45) is 4.05. The van der Waals surface area contributed by atoms with Crippen LogP contribution in [0, 0.1) is 5.92 Å². The number of carbonyl (C=O) groups excluding carboxylic acids is 2. The molecule has 0 radical (unpaired) electrons. The topological polar surface area (TPSA) is 70.2 Å². The van der Waals surface area contributed by atoms with Crippen molar-refractivity contribution >= 4 is 17.5 Å². The minimum atomic E-state index is -0.0194. The van der Waals surface area contributed by atoms with Gasteiger partial charge in [-0.1, -0.05) is 76.2 Å². The quantitative estimate of drug-likeness (QED) is 0.509. The van der Waals surface area contributed by atoms with Gasteiger partial charge in [-0.15, -0.1) is 0 Å². The number of hydrogen-bond donors (Lipinski definition) is 3. The van der Waals surface area contributed by atoms with E-state index < -0.39 is 0 Å². The second-order valence-electron chi connectivity index (χ2n) is 7.31. The lowest BCUT2D eigenvalue weighted by molar-refractivity contribution is -0.121. The van der Waals surface area contributed by atoms with E-state index in [4.69, 9.17) is 0 Å². The number of anilines is 1. The van der Waals surface area contributed by atoms with Crippen molar-refractivity contribution < 1.29 is 9.59 Å². The van der Waals surface area contributed by atoms with E-state index in [1.165, 1.54) is 5.56 Å². The van der Waals surface area contributed by atoms with Gasteiger partial charge in [0.05, 0.1) is 12.3 Å². The van der Waals surface area contributed by atoms with Crippen LogP contribution in [0.4, 0.5) is 5.69 Å². The molecule has 2 aromatic rings. The fourth-order valence-electron chi connectivity index (χ4n) is 3.51. The molecule has 5 nitrogen and oxygen atoms in total. The number of rotatable bonds is 8. The lowest BCUT2D eigenvalue weighted by atomic mass is 9.98. The van der Waals surface area contributed by atoms with Gasteiger partial charge >= 0.3 is 0 Å². The number of piperidine rings is 1. The van der Waals surface area contributed by atoms with Crippen LogP contribution in [0.1, 0.15) is 58.1 Å². The van der Waals surface area contributed by atoms with E-state index in [1.54, 1.807) is 0 Å². The van der Waals surface area contributed by atoms with Gasteiger partial charge in [-0.3, -0.25) is 9.59 Å². The summed E-state index contributed by atoms with van der Waals surface area (Å²) >= 11 is 0. The third-order valence-electron chi connectivity index (χ3n) is 5.10. The first-order valence-electron chi connectivity index (χ1n) is 12.1. The largest absolute Gasteiger partial charge is 0.356 e. The van der Waals surface area contributed by atoms with Crippen LogP contribution in [0.5, 0.6) is 0 Å². The highest BCUT2D eigenvalue weighted by Gasteiger charge is 2.21. The highest BCUT2D eigenvalue weighted by Crippen LogP contribution is 2.19. The van der Waals surface area contributed by atoms with Gasteiger partial charge in [0.25, 0.3) is 0 Å². The van der Waals surface area contributed by atoms with Gasteiger partial charge in [0.1, 0.15) is 0 Å². The Balaban J connectivity index is 0.00000121. The van der Waals surface area contributed by atoms with Crippen molar-refractivity contribution in [2.75, 3.05) is 25.0 Å². The van der Waals surface area contributed by atoms with Crippen LogP contribution in [0.2, 0.25) is 0 Å². The molecule has 1 aliphatic heterocycles. The van der Waals surface area contributed by atoms with Gasteiger partial charge in [-0.25, -0.2) is 0 Å². The van der Waals surface area contributed by atoms with Crippen molar-refractivity contribution in [3.63, 3.8) is 0 Å². The SMILES string of the molecule is CC.CC.O=C(Cc1ccccc1NC(=O)C1CCCNC1)NCCCc1ccccc1. The van der Waals surface area contributed by atoms with E-state index in [1.807, 2.05) is 70.2 Å². The van der Waals surface area contributed by atoms with Crippen molar-refractivity contribution in [2.45, 2.75) is 59.8 Å². The minimum Gasteiger partial charge on any atom is -0.356 e. The molecule has 0 bridgehead atoms. The number of amides is 2. The molecule has 1 atom stereocenters. The second-order valence-corrected chi connectivity index (χ2v) is 7.31. The summed E-state index contributed by atoms with van der Waals surface area (Å²) in [5, 5.41) is 9.26. The molecule has 2 amide bonds. The van der Waals surface area contributed by atoms with Crippen LogP contribution in [0.15, 0.2) is 54.6 Å². The summed E-state index contributed by atoms with van der Waals surface area (Å²) in [6.45, 7) is 10.3. The molecule has 0 aliphatic carbocycles. The smallest absolute Gasteiger partial charge is 0.228 e. The molecule has 0 spiro atoms. The highest BCUT2D eigenvalue weighted by atomic mass is 16.2. The summed E-state index contributed by atoms with van der Waals surface area (Å²) in [5.74, 6) is 0.00521. The molecule has 1 saturated heterocycles. The maximum Gasteiger partial charge on any atom is 0.228 e. The molecule has 0 saturated carbocycles. The molecule has 1 aliphatic rings. The highest BCUT2D eigenvalue weighted by molar-refractivity contribution is 5.94. The van der Waals surface area contributed by atoms with Gasteiger partial charge < -0.3 is 16.0 Å². The van der Waals surface area contributed by atoms with Crippen LogP contribution < -0.4 is 16.0 Å². The van der Waals surface area contributed by atoms with Crippen LogP contribution in [-0.4, -0.2) is 31.4 Å². The van der Waals surface area contributed by atoms with E-state index in [-0.39, 0.29) is 24.2 Å². The van der Waals surface area contributed by atoms with Gasteiger partial charge in [0.2, 0.25) is 11.8 Å².